The van der Waals surface area contributed by atoms with Crippen LogP contribution < -0.4 is 20.6 Å². The van der Waals surface area contributed by atoms with Crippen LogP contribution in [-0.4, -0.2) is 87.6 Å². The highest BCUT2D eigenvalue weighted by Gasteiger charge is 2.34. The summed E-state index contributed by atoms with van der Waals surface area (Å²) in [6.07, 6.45) is 3.71. The predicted molar refractivity (Wildman–Crippen MR) is 186 cm³/mol. The van der Waals surface area contributed by atoms with E-state index in [0.717, 1.165) is 10.6 Å². The minimum absolute atomic E-state index is 0.0347. The van der Waals surface area contributed by atoms with Gasteiger partial charge in [-0.2, -0.15) is 4.98 Å². The van der Waals surface area contributed by atoms with Crippen LogP contribution in [0.2, 0.25) is 5.02 Å². The molecule has 5 rings (SSSR count). The molecule has 1 amide bonds. The minimum Gasteiger partial charge on any atom is -0.490 e. The molecule has 1 aromatic carbocycles. The van der Waals surface area contributed by atoms with E-state index >= 15 is 8.78 Å². The van der Waals surface area contributed by atoms with Crippen molar-refractivity contribution in [3.05, 3.63) is 75.8 Å². The van der Waals surface area contributed by atoms with Crippen molar-refractivity contribution in [3.63, 3.8) is 0 Å². The zero-order valence-corrected chi connectivity index (χ0v) is 28.9. The normalized spacial score (nSPS) is 21.3. The topological polar surface area (TPSA) is 122 Å². The molecule has 0 spiro atoms. The van der Waals surface area contributed by atoms with Crippen molar-refractivity contribution in [2.24, 2.45) is 5.92 Å². The highest BCUT2D eigenvalue weighted by atomic mass is 35.5. The second-order valence-electron chi connectivity index (χ2n) is 12.6. The first-order chi connectivity index (χ1) is 23.4. The Morgan fingerprint density at radius 1 is 1.24 bits per heavy atom. The zero-order valence-electron chi connectivity index (χ0n) is 28.1. The summed E-state index contributed by atoms with van der Waals surface area (Å²) < 4.78 is 45.0. The zero-order chi connectivity index (χ0) is 35.6. The number of ether oxygens (including phenoxy) is 2. The summed E-state index contributed by atoms with van der Waals surface area (Å²) in [6, 6.07) is 3.17. The van der Waals surface area contributed by atoms with E-state index < -0.39 is 35.2 Å². The van der Waals surface area contributed by atoms with Gasteiger partial charge in [0.2, 0.25) is 5.91 Å². The highest BCUT2D eigenvalue weighted by Crippen LogP contribution is 2.39. The molecule has 2 aromatic heterocycles. The summed E-state index contributed by atoms with van der Waals surface area (Å²) in [6.45, 7) is 14.2. The molecule has 262 valence electrons. The van der Waals surface area contributed by atoms with Gasteiger partial charge in [-0.3, -0.25) is 9.36 Å². The van der Waals surface area contributed by atoms with Crippen LogP contribution in [0.1, 0.15) is 34.6 Å². The summed E-state index contributed by atoms with van der Waals surface area (Å²) >= 11 is 6.15. The molecule has 49 heavy (non-hydrogen) atoms. The van der Waals surface area contributed by atoms with Crippen molar-refractivity contribution in [1.29, 1.82) is 0 Å². The standard InChI is InChI=1S/C35H41ClF2N6O5/c1-7-28(46)42-15-21(6)43(16-20(42)5)34-23-13-25(37)31-29-27(10-9-24(36)30(29)38)49-18-26(45)32(48-8-2)22(11-12-39-14-19(3)4)17-44(33(23)40-31)35(47)41-34/h7,9-13,17,19-21,26,32,39,45H,1,8,14-16,18H2,2-6H3/b12-11-,22-17?/t20-,21+,26?,32?/m1/s1. The fourth-order valence-corrected chi connectivity index (χ4v) is 6.20. The molecule has 2 N–H and O–H groups in total. The van der Waals surface area contributed by atoms with Gasteiger partial charge < -0.3 is 29.7 Å². The van der Waals surface area contributed by atoms with Gasteiger partial charge in [0.15, 0.2) is 17.3 Å². The lowest BCUT2D eigenvalue weighted by molar-refractivity contribution is -0.128. The number of aliphatic hydroxyl groups is 1. The average Bonchev–Trinajstić information content (AvgIpc) is 3.06. The number of fused-ring (bicyclic) bond motifs is 3. The van der Waals surface area contributed by atoms with E-state index in [0.29, 0.717) is 24.6 Å². The van der Waals surface area contributed by atoms with Crippen molar-refractivity contribution < 1.29 is 28.2 Å². The predicted octanol–water partition coefficient (Wildman–Crippen LogP) is 4.76. The van der Waals surface area contributed by atoms with Crippen LogP contribution in [0.25, 0.3) is 28.5 Å². The molecule has 3 aromatic rings. The lowest BCUT2D eigenvalue weighted by atomic mass is 10.0. The van der Waals surface area contributed by atoms with Crippen molar-refractivity contribution in [1.82, 2.24) is 24.8 Å². The van der Waals surface area contributed by atoms with Crippen molar-refractivity contribution in [3.8, 4) is 17.0 Å². The maximum atomic E-state index is 16.3. The van der Waals surface area contributed by atoms with Crippen LogP contribution >= 0.6 is 11.6 Å². The first kappa shape index (κ1) is 36.0. The van der Waals surface area contributed by atoms with Crippen molar-refractivity contribution in [2.75, 3.05) is 37.7 Å². The summed E-state index contributed by atoms with van der Waals surface area (Å²) in [5.74, 6) is -1.75. The summed E-state index contributed by atoms with van der Waals surface area (Å²) in [5, 5.41) is 14.4. The van der Waals surface area contributed by atoms with Gasteiger partial charge in [0, 0.05) is 50.1 Å². The largest absolute Gasteiger partial charge is 0.490 e. The number of benzene rings is 1. The first-order valence-corrected chi connectivity index (χ1v) is 16.6. The van der Waals surface area contributed by atoms with E-state index in [1.54, 1.807) is 24.1 Å². The molecule has 4 heterocycles. The van der Waals surface area contributed by atoms with Crippen LogP contribution in [0.4, 0.5) is 14.6 Å². The molecule has 1 fully saturated rings. The van der Waals surface area contributed by atoms with Crippen LogP contribution in [0, 0.1) is 17.6 Å². The molecule has 0 saturated carbocycles. The quantitative estimate of drug-likeness (QED) is 0.321. The van der Waals surface area contributed by atoms with Gasteiger partial charge in [0.05, 0.1) is 16.0 Å². The summed E-state index contributed by atoms with van der Waals surface area (Å²) in [7, 11) is 0. The van der Waals surface area contributed by atoms with E-state index in [1.165, 1.54) is 24.4 Å². The number of aliphatic hydroxyl groups excluding tert-OH is 1. The maximum Gasteiger partial charge on any atom is 0.355 e. The van der Waals surface area contributed by atoms with Gasteiger partial charge in [-0.15, -0.1) is 0 Å². The number of rotatable bonds is 8. The number of hydrogen-bond donors (Lipinski definition) is 2. The second-order valence-corrected chi connectivity index (χ2v) is 13.0. The molecule has 0 radical (unpaired) electrons. The van der Waals surface area contributed by atoms with Crippen LogP contribution in [0.15, 0.2) is 53.5 Å². The number of halogens is 3. The number of anilines is 1. The third-order valence-electron chi connectivity index (χ3n) is 8.47. The number of carbonyl (C=O) groups excluding carboxylic acids is 1. The van der Waals surface area contributed by atoms with E-state index in [-0.39, 0.29) is 70.9 Å². The van der Waals surface area contributed by atoms with E-state index in [4.69, 9.17) is 21.1 Å². The van der Waals surface area contributed by atoms with Gasteiger partial charge in [-0.25, -0.2) is 18.6 Å². The fourth-order valence-electron chi connectivity index (χ4n) is 6.04. The third kappa shape index (κ3) is 7.34. The SMILES string of the molecule is C=CC(=O)N1C[C@H](C)N(c2nc(=O)n3c4nc(c(F)cc24)-c2c(ccc(Cl)c2F)OCC(O)C(OCC)C(/C=C\NCC(C)C)=C3)C[C@H]1C. The number of hydrogen-bond acceptors (Lipinski definition) is 9. The lowest BCUT2D eigenvalue weighted by Gasteiger charge is -2.44. The van der Waals surface area contributed by atoms with Crippen molar-refractivity contribution >= 4 is 40.6 Å². The molecular weight excluding hydrogens is 658 g/mol. The highest BCUT2D eigenvalue weighted by molar-refractivity contribution is 6.31. The third-order valence-corrected chi connectivity index (χ3v) is 8.77. The lowest BCUT2D eigenvalue weighted by Crippen LogP contribution is -2.58. The molecule has 2 aliphatic heterocycles. The fraction of sp³-hybridized carbons (Fsp3) is 0.429. The van der Waals surface area contributed by atoms with Crippen molar-refractivity contribution in [2.45, 2.75) is 58.9 Å². The Hall–Kier alpha value is -4.33. The maximum absolute atomic E-state index is 16.3. The molecular formula is C35H41ClF2N6O5. The molecule has 1 saturated heterocycles. The first-order valence-electron chi connectivity index (χ1n) is 16.2. The Kier molecular flexibility index (Phi) is 11.1. The molecule has 2 unspecified atom stereocenters. The molecule has 11 nitrogen and oxygen atoms in total. The molecule has 4 atom stereocenters. The number of carbonyl (C=O) groups is 1. The molecule has 2 bridgehead atoms. The Labute approximate surface area is 288 Å². The van der Waals surface area contributed by atoms with Gasteiger partial charge >= 0.3 is 5.69 Å². The smallest absolute Gasteiger partial charge is 0.355 e. The van der Waals surface area contributed by atoms with Gasteiger partial charge in [0.25, 0.3) is 0 Å². The van der Waals surface area contributed by atoms with Gasteiger partial charge in [0.1, 0.15) is 36.1 Å². The summed E-state index contributed by atoms with van der Waals surface area (Å²) in [4.78, 5) is 39.1. The Morgan fingerprint density at radius 3 is 2.69 bits per heavy atom. The number of piperazine rings is 1. The second kappa shape index (κ2) is 15.1. The average molecular weight is 699 g/mol. The number of nitrogens with zero attached hydrogens (tertiary/aromatic N) is 5. The monoisotopic (exact) mass is 698 g/mol. The van der Waals surface area contributed by atoms with E-state index in [9.17, 15) is 14.7 Å². The van der Waals surface area contributed by atoms with E-state index in [2.05, 4.69) is 21.9 Å². The molecule has 0 aliphatic carbocycles. The number of pyridine rings is 1. The Balaban J connectivity index is 1.81. The molecule has 14 heteroatoms. The number of aromatic nitrogens is 3. The minimum atomic E-state index is -1.31. The van der Waals surface area contributed by atoms with E-state index in [1.807, 2.05) is 32.6 Å². The van der Waals surface area contributed by atoms with Gasteiger partial charge in [-0.05, 0) is 63.2 Å². The van der Waals surface area contributed by atoms with Crippen LogP contribution in [0.5, 0.6) is 5.75 Å². The summed E-state index contributed by atoms with van der Waals surface area (Å²) in [5.41, 5.74) is -1.25. The molecule has 2 aliphatic rings. The Morgan fingerprint density at radius 2 is 2.00 bits per heavy atom. The number of nitrogens with one attached hydrogen (secondary N) is 1. The van der Waals surface area contributed by atoms with Gasteiger partial charge in [-0.1, -0.05) is 32.0 Å². The van der Waals surface area contributed by atoms with Crippen LogP contribution in [0.3, 0.4) is 0 Å². The number of amides is 1. The Bertz CT molecular complexity index is 1860. The van der Waals surface area contributed by atoms with Crippen LogP contribution in [-0.2, 0) is 9.53 Å².